The van der Waals surface area contributed by atoms with E-state index in [1.807, 2.05) is 30.3 Å². The standard InChI is InChI=1S/C9H11NOS/c1-11-8(9(10)12)7-5-3-2-4-6-7/h2-6,8H,1H3,(H2,10,12). The van der Waals surface area contributed by atoms with Crippen molar-refractivity contribution in [2.24, 2.45) is 5.73 Å². The quantitative estimate of drug-likeness (QED) is 0.720. The normalized spacial score (nSPS) is 12.4. The predicted molar refractivity (Wildman–Crippen MR) is 53.0 cm³/mol. The largest absolute Gasteiger partial charge is 0.391 e. The SMILES string of the molecule is COC(C(N)=S)c1ccccc1. The zero-order valence-electron chi connectivity index (χ0n) is 6.86. The van der Waals surface area contributed by atoms with E-state index in [2.05, 4.69) is 0 Å². The van der Waals surface area contributed by atoms with E-state index in [1.54, 1.807) is 7.11 Å². The van der Waals surface area contributed by atoms with Crippen LogP contribution in [-0.2, 0) is 4.74 Å². The van der Waals surface area contributed by atoms with Gasteiger partial charge in [-0.15, -0.1) is 0 Å². The Hall–Kier alpha value is -0.930. The predicted octanol–water partition coefficient (Wildman–Crippen LogP) is 1.66. The molecule has 12 heavy (non-hydrogen) atoms. The molecule has 0 heterocycles. The van der Waals surface area contributed by atoms with Gasteiger partial charge in [-0.25, -0.2) is 0 Å². The lowest BCUT2D eigenvalue weighted by Crippen LogP contribution is -2.20. The van der Waals surface area contributed by atoms with E-state index < -0.39 is 0 Å². The van der Waals surface area contributed by atoms with Crippen molar-refractivity contribution in [1.29, 1.82) is 0 Å². The van der Waals surface area contributed by atoms with Crippen molar-refractivity contribution >= 4 is 17.2 Å². The van der Waals surface area contributed by atoms with Crippen molar-refractivity contribution < 1.29 is 4.74 Å². The lowest BCUT2D eigenvalue weighted by Gasteiger charge is -2.13. The van der Waals surface area contributed by atoms with Crippen LogP contribution in [0.1, 0.15) is 11.7 Å². The molecule has 0 aliphatic carbocycles. The van der Waals surface area contributed by atoms with Gasteiger partial charge < -0.3 is 10.5 Å². The number of rotatable bonds is 3. The number of ether oxygens (including phenoxy) is 1. The van der Waals surface area contributed by atoms with Gasteiger partial charge in [-0.3, -0.25) is 0 Å². The highest BCUT2D eigenvalue weighted by Gasteiger charge is 2.11. The Morgan fingerprint density at radius 2 is 2.00 bits per heavy atom. The molecule has 2 nitrogen and oxygen atoms in total. The molecule has 0 saturated carbocycles. The van der Waals surface area contributed by atoms with Crippen molar-refractivity contribution in [3.63, 3.8) is 0 Å². The smallest absolute Gasteiger partial charge is 0.132 e. The summed E-state index contributed by atoms with van der Waals surface area (Å²) in [6.45, 7) is 0. The first-order valence-electron chi connectivity index (χ1n) is 3.62. The Labute approximate surface area is 77.3 Å². The second kappa shape index (κ2) is 4.18. The Morgan fingerprint density at radius 3 is 2.42 bits per heavy atom. The van der Waals surface area contributed by atoms with E-state index in [4.69, 9.17) is 22.7 Å². The third-order valence-corrected chi connectivity index (χ3v) is 1.81. The van der Waals surface area contributed by atoms with E-state index in [1.165, 1.54) is 0 Å². The van der Waals surface area contributed by atoms with Gasteiger partial charge in [0.25, 0.3) is 0 Å². The molecule has 3 heteroatoms. The molecular formula is C9H11NOS. The summed E-state index contributed by atoms with van der Waals surface area (Å²) in [7, 11) is 1.59. The van der Waals surface area contributed by atoms with Gasteiger partial charge in [0, 0.05) is 7.11 Å². The number of nitrogens with two attached hydrogens (primary N) is 1. The molecule has 0 radical (unpaired) electrons. The van der Waals surface area contributed by atoms with Crippen LogP contribution in [0.3, 0.4) is 0 Å². The molecule has 2 N–H and O–H groups in total. The number of benzene rings is 1. The number of thiocarbonyl (C=S) groups is 1. The molecule has 0 fully saturated rings. The fourth-order valence-corrected chi connectivity index (χ4v) is 1.28. The van der Waals surface area contributed by atoms with Crippen LogP contribution in [0, 0.1) is 0 Å². The molecule has 0 saturated heterocycles. The minimum Gasteiger partial charge on any atom is -0.391 e. The van der Waals surface area contributed by atoms with E-state index in [0.717, 1.165) is 5.56 Å². The average Bonchev–Trinajstić information content (AvgIpc) is 2.07. The van der Waals surface area contributed by atoms with Crippen LogP contribution < -0.4 is 5.73 Å². The molecule has 0 aliphatic heterocycles. The van der Waals surface area contributed by atoms with Crippen molar-refractivity contribution in [2.75, 3.05) is 7.11 Å². The average molecular weight is 181 g/mol. The van der Waals surface area contributed by atoms with E-state index in [9.17, 15) is 0 Å². The number of hydrogen-bond donors (Lipinski definition) is 1. The minimum atomic E-state index is -0.263. The summed E-state index contributed by atoms with van der Waals surface area (Å²) in [5.41, 5.74) is 6.48. The summed E-state index contributed by atoms with van der Waals surface area (Å²) in [5, 5.41) is 0. The third kappa shape index (κ3) is 2.03. The van der Waals surface area contributed by atoms with Crippen LogP contribution in [0.15, 0.2) is 30.3 Å². The fraction of sp³-hybridized carbons (Fsp3) is 0.222. The highest BCUT2D eigenvalue weighted by Crippen LogP contribution is 2.15. The summed E-state index contributed by atoms with van der Waals surface area (Å²) < 4.78 is 5.13. The Morgan fingerprint density at radius 1 is 1.42 bits per heavy atom. The van der Waals surface area contributed by atoms with E-state index >= 15 is 0 Å². The van der Waals surface area contributed by atoms with Crippen LogP contribution in [0.25, 0.3) is 0 Å². The second-order valence-electron chi connectivity index (χ2n) is 2.43. The maximum Gasteiger partial charge on any atom is 0.132 e. The minimum absolute atomic E-state index is 0.263. The first kappa shape index (κ1) is 9.16. The molecule has 0 amide bonds. The molecule has 0 aliphatic rings. The second-order valence-corrected chi connectivity index (χ2v) is 2.90. The van der Waals surface area contributed by atoms with Crippen LogP contribution in [0.5, 0.6) is 0 Å². The lowest BCUT2D eigenvalue weighted by atomic mass is 10.1. The molecule has 1 atom stereocenters. The molecule has 1 rings (SSSR count). The monoisotopic (exact) mass is 181 g/mol. The Kier molecular flexibility index (Phi) is 3.19. The summed E-state index contributed by atoms with van der Waals surface area (Å²) in [5.74, 6) is 0. The first-order chi connectivity index (χ1) is 5.75. The van der Waals surface area contributed by atoms with Gasteiger partial charge in [-0.05, 0) is 5.56 Å². The zero-order chi connectivity index (χ0) is 8.97. The van der Waals surface area contributed by atoms with Gasteiger partial charge in [-0.2, -0.15) is 0 Å². The number of methoxy groups -OCH3 is 1. The molecule has 1 unspecified atom stereocenters. The van der Waals surface area contributed by atoms with Crippen molar-refractivity contribution in [1.82, 2.24) is 0 Å². The Balaban J connectivity index is 2.88. The maximum atomic E-state index is 5.49. The zero-order valence-corrected chi connectivity index (χ0v) is 7.67. The maximum absolute atomic E-state index is 5.49. The molecule has 1 aromatic rings. The van der Waals surface area contributed by atoms with Crippen molar-refractivity contribution in [2.45, 2.75) is 6.10 Å². The molecule has 0 bridgehead atoms. The van der Waals surface area contributed by atoms with Crippen molar-refractivity contribution in [3.05, 3.63) is 35.9 Å². The number of hydrogen-bond acceptors (Lipinski definition) is 2. The summed E-state index contributed by atoms with van der Waals surface area (Å²) >= 11 is 4.85. The summed E-state index contributed by atoms with van der Waals surface area (Å²) in [6.07, 6.45) is -0.263. The molecule has 0 spiro atoms. The van der Waals surface area contributed by atoms with Gasteiger partial charge in [0.05, 0.1) is 0 Å². The van der Waals surface area contributed by atoms with E-state index in [-0.39, 0.29) is 6.10 Å². The van der Waals surface area contributed by atoms with Gasteiger partial charge in [0.15, 0.2) is 0 Å². The highest BCUT2D eigenvalue weighted by atomic mass is 32.1. The topological polar surface area (TPSA) is 35.2 Å². The lowest BCUT2D eigenvalue weighted by molar-refractivity contribution is 0.159. The van der Waals surface area contributed by atoms with E-state index in [0.29, 0.717) is 4.99 Å². The summed E-state index contributed by atoms with van der Waals surface area (Å²) in [6, 6.07) is 9.68. The molecule has 0 aromatic heterocycles. The highest BCUT2D eigenvalue weighted by molar-refractivity contribution is 7.80. The first-order valence-corrected chi connectivity index (χ1v) is 4.03. The van der Waals surface area contributed by atoms with Crippen LogP contribution in [0.4, 0.5) is 0 Å². The van der Waals surface area contributed by atoms with Crippen molar-refractivity contribution in [3.8, 4) is 0 Å². The van der Waals surface area contributed by atoms with Crippen LogP contribution >= 0.6 is 12.2 Å². The molecule has 64 valence electrons. The van der Waals surface area contributed by atoms with Gasteiger partial charge in [-0.1, -0.05) is 42.5 Å². The van der Waals surface area contributed by atoms with Crippen LogP contribution in [-0.4, -0.2) is 12.1 Å². The van der Waals surface area contributed by atoms with Gasteiger partial charge >= 0.3 is 0 Å². The van der Waals surface area contributed by atoms with Gasteiger partial charge in [0.1, 0.15) is 11.1 Å². The van der Waals surface area contributed by atoms with Crippen LogP contribution in [0.2, 0.25) is 0 Å². The fourth-order valence-electron chi connectivity index (χ4n) is 1.04. The molecular weight excluding hydrogens is 170 g/mol. The molecule has 1 aromatic carbocycles. The Bertz CT molecular complexity index is 260. The van der Waals surface area contributed by atoms with Gasteiger partial charge in [0.2, 0.25) is 0 Å². The third-order valence-electron chi connectivity index (χ3n) is 1.60. The summed E-state index contributed by atoms with van der Waals surface area (Å²) in [4.78, 5) is 0.365.